The molecule has 0 amide bonds. The van der Waals surface area contributed by atoms with Crippen LogP contribution in [0.15, 0.2) is 71.4 Å². The molecule has 6 rings (SSSR count). The highest BCUT2D eigenvalue weighted by Gasteiger charge is 2.57. The Balaban J connectivity index is 1.15. The first kappa shape index (κ1) is 23.2. The summed E-state index contributed by atoms with van der Waals surface area (Å²) in [5, 5.41) is 0. The standard InChI is InChI=1S/C32H40N2O/c1-31-17-15-26(35-22-23-8-4-3-5-9-23)20-24(31)11-12-27-28-13-14-30(32(28,2)18-16-29(27)31)34-21-25-10-6-7-19-33-25/h3-11,19,26-29H,12-18,20-22H2,1-2H3/t26-,27-,28-,29-,31-,32-/m0/s1. The summed E-state index contributed by atoms with van der Waals surface area (Å²) in [6.45, 7) is 6.60. The van der Waals surface area contributed by atoms with E-state index in [0.29, 0.717) is 11.5 Å². The number of allylic oxidation sites excluding steroid dienone is 1. The van der Waals surface area contributed by atoms with Gasteiger partial charge in [-0.3, -0.25) is 9.98 Å². The number of rotatable bonds is 5. The van der Waals surface area contributed by atoms with Gasteiger partial charge in [0.2, 0.25) is 0 Å². The molecule has 0 bridgehead atoms. The van der Waals surface area contributed by atoms with E-state index in [2.05, 4.69) is 67.4 Å². The summed E-state index contributed by atoms with van der Waals surface area (Å²) in [5.74, 6) is 2.42. The van der Waals surface area contributed by atoms with Gasteiger partial charge in [0, 0.05) is 17.3 Å². The van der Waals surface area contributed by atoms with Gasteiger partial charge in [-0.05, 0) is 92.2 Å². The van der Waals surface area contributed by atoms with Crippen LogP contribution in [0.2, 0.25) is 0 Å². The Bertz CT molecular complexity index is 1090. The zero-order chi connectivity index (χ0) is 23.9. The van der Waals surface area contributed by atoms with Crippen LogP contribution in [-0.2, 0) is 17.9 Å². The van der Waals surface area contributed by atoms with Crippen LogP contribution in [0, 0.1) is 28.6 Å². The molecule has 0 saturated heterocycles. The van der Waals surface area contributed by atoms with Crippen molar-refractivity contribution in [2.75, 3.05) is 0 Å². The quantitative estimate of drug-likeness (QED) is 0.424. The van der Waals surface area contributed by atoms with Crippen molar-refractivity contribution in [2.45, 2.75) is 84.5 Å². The lowest BCUT2D eigenvalue weighted by atomic mass is 9.48. The Hall–Kier alpha value is -2.26. The summed E-state index contributed by atoms with van der Waals surface area (Å²) >= 11 is 0. The molecule has 0 radical (unpaired) electrons. The maximum atomic E-state index is 6.40. The number of fused-ring (bicyclic) bond motifs is 5. The van der Waals surface area contributed by atoms with E-state index in [0.717, 1.165) is 43.0 Å². The summed E-state index contributed by atoms with van der Waals surface area (Å²) < 4.78 is 6.40. The molecule has 4 aliphatic carbocycles. The van der Waals surface area contributed by atoms with Crippen molar-refractivity contribution in [2.24, 2.45) is 33.6 Å². The highest BCUT2D eigenvalue weighted by atomic mass is 16.5. The van der Waals surface area contributed by atoms with Crippen LogP contribution >= 0.6 is 0 Å². The largest absolute Gasteiger partial charge is 0.373 e. The highest BCUT2D eigenvalue weighted by Crippen LogP contribution is 2.64. The number of hydrogen-bond donors (Lipinski definition) is 0. The van der Waals surface area contributed by atoms with Gasteiger partial charge >= 0.3 is 0 Å². The van der Waals surface area contributed by atoms with Crippen LogP contribution in [0.3, 0.4) is 0 Å². The molecule has 3 saturated carbocycles. The number of pyridine rings is 1. The van der Waals surface area contributed by atoms with Crippen molar-refractivity contribution in [3.05, 3.63) is 77.6 Å². The van der Waals surface area contributed by atoms with Gasteiger partial charge in [-0.15, -0.1) is 0 Å². The second-order valence-corrected chi connectivity index (χ2v) is 12.0. The fourth-order valence-electron chi connectivity index (χ4n) is 8.27. The van der Waals surface area contributed by atoms with Crippen molar-refractivity contribution in [3.63, 3.8) is 0 Å². The molecule has 35 heavy (non-hydrogen) atoms. The smallest absolute Gasteiger partial charge is 0.0811 e. The summed E-state index contributed by atoms with van der Waals surface area (Å²) in [6, 6.07) is 16.8. The monoisotopic (exact) mass is 468 g/mol. The first-order valence-corrected chi connectivity index (χ1v) is 13.8. The maximum Gasteiger partial charge on any atom is 0.0811 e. The van der Waals surface area contributed by atoms with Gasteiger partial charge in [-0.2, -0.15) is 0 Å². The average Bonchev–Trinajstić information content (AvgIpc) is 3.23. The second-order valence-electron chi connectivity index (χ2n) is 12.0. The normalized spacial score (nSPS) is 37.3. The summed E-state index contributed by atoms with van der Waals surface area (Å²) in [5.41, 5.74) is 6.20. The van der Waals surface area contributed by atoms with Gasteiger partial charge in [0.05, 0.1) is 24.9 Å². The van der Waals surface area contributed by atoms with E-state index < -0.39 is 0 Å². The fourth-order valence-corrected chi connectivity index (χ4v) is 8.27. The Morgan fingerprint density at radius 3 is 2.57 bits per heavy atom. The molecule has 4 aliphatic rings. The summed E-state index contributed by atoms with van der Waals surface area (Å²) in [7, 11) is 0. The van der Waals surface area contributed by atoms with Crippen LogP contribution in [0.4, 0.5) is 0 Å². The third-order valence-corrected chi connectivity index (χ3v) is 10.3. The first-order chi connectivity index (χ1) is 17.1. The lowest BCUT2D eigenvalue weighted by Gasteiger charge is -2.57. The van der Waals surface area contributed by atoms with Gasteiger partial charge in [0.1, 0.15) is 0 Å². The minimum atomic E-state index is 0.285. The SMILES string of the molecule is C[C@]12CC[C@H](OCc3ccccc3)CC1=CC[C@@H]1[C@@H]2CC[C@]2(C)C(=NCc3ccccn3)CC[C@@H]12. The minimum Gasteiger partial charge on any atom is -0.373 e. The molecule has 0 unspecified atom stereocenters. The van der Waals surface area contributed by atoms with Gasteiger partial charge in [0.25, 0.3) is 0 Å². The third kappa shape index (κ3) is 4.20. The average molecular weight is 469 g/mol. The van der Waals surface area contributed by atoms with E-state index in [1.54, 1.807) is 5.57 Å². The van der Waals surface area contributed by atoms with Crippen LogP contribution in [0.5, 0.6) is 0 Å². The van der Waals surface area contributed by atoms with Gasteiger partial charge in [0.15, 0.2) is 0 Å². The molecule has 2 aromatic rings. The molecule has 0 aliphatic heterocycles. The van der Waals surface area contributed by atoms with E-state index in [1.165, 1.54) is 56.2 Å². The van der Waals surface area contributed by atoms with Gasteiger partial charge in [-0.1, -0.05) is 61.9 Å². The molecule has 3 heteroatoms. The molecular weight excluding hydrogens is 428 g/mol. The number of ether oxygens (including phenoxy) is 1. The number of aliphatic imine (C=N–C) groups is 1. The Kier molecular flexibility index (Phi) is 6.16. The molecular formula is C32H40N2O. The van der Waals surface area contributed by atoms with Crippen molar-refractivity contribution >= 4 is 5.71 Å². The maximum absolute atomic E-state index is 6.40. The predicted molar refractivity (Wildman–Crippen MR) is 142 cm³/mol. The van der Waals surface area contributed by atoms with Crippen LogP contribution in [-0.4, -0.2) is 16.8 Å². The molecule has 3 nitrogen and oxygen atoms in total. The lowest BCUT2D eigenvalue weighted by Crippen LogP contribution is -2.50. The molecule has 184 valence electrons. The van der Waals surface area contributed by atoms with Gasteiger partial charge < -0.3 is 4.74 Å². The van der Waals surface area contributed by atoms with Crippen molar-refractivity contribution < 1.29 is 4.74 Å². The van der Waals surface area contributed by atoms with E-state index >= 15 is 0 Å². The molecule has 1 aromatic heterocycles. The summed E-state index contributed by atoms with van der Waals surface area (Å²) in [6.07, 6.45) is 14.9. The zero-order valence-electron chi connectivity index (χ0n) is 21.5. The number of nitrogens with zero attached hydrogens (tertiary/aromatic N) is 2. The summed E-state index contributed by atoms with van der Waals surface area (Å²) in [4.78, 5) is 9.66. The van der Waals surface area contributed by atoms with Gasteiger partial charge in [-0.25, -0.2) is 0 Å². The number of benzene rings is 1. The number of hydrogen-bond acceptors (Lipinski definition) is 3. The second kappa shape index (κ2) is 9.32. The predicted octanol–water partition coefficient (Wildman–Crippen LogP) is 7.57. The van der Waals surface area contributed by atoms with E-state index in [4.69, 9.17) is 9.73 Å². The topological polar surface area (TPSA) is 34.5 Å². The first-order valence-electron chi connectivity index (χ1n) is 13.8. The van der Waals surface area contributed by atoms with Crippen molar-refractivity contribution in [1.82, 2.24) is 4.98 Å². The van der Waals surface area contributed by atoms with E-state index in [1.807, 2.05) is 12.3 Å². The Morgan fingerprint density at radius 2 is 1.74 bits per heavy atom. The lowest BCUT2D eigenvalue weighted by molar-refractivity contribution is -0.0404. The molecule has 0 spiro atoms. The van der Waals surface area contributed by atoms with Crippen LogP contribution in [0.25, 0.3) is 0 Å². The molecule has 6 atom stereocenters. The number of aromatic nitrogens is 1. The zero-order valence-corrected chi connectivity index (χ0v) is 21.5. The van der Waals surface area contributed by atoms with Crippen molar-refractivity contribution in [1.29, 1.82) is 0 Å². The Morgan fingerprint density at radius 1 is 0.943 bits per heavy atom. The molecule has 1 aromatic carbocycles. The highest BCUT2D eigenvalue weighted by molar-refractivity contribution is 5.92. The molecule has 0 N–H and O–H groups in total. The molecule has 3 fully saturated rings. The molecule has 1 heterocycles. The fraction of sp³-hybridized carbons (Fsp3) is 0.562. The van der Waals surface area contributed by atoms with E-state index in [-0.39, 0.29) is 5.41 Å². The Labute approximate surface area is 211 Å². The van der Waals surface area contributed by atoms with E-state index in [9.17, 15) is 0 Å². The van der Waals surface area contributed by atoms with Crippen LogP contribution in [0.1, 0.15) is 76.5 Å². The third-order valence-electron chi connectivity index (χ3n) is 10.3. The van der Waals surface area contributed by atoms with Crippen LogP contribution < -0.4 is 0 Å². The minimum absolute atomic E-state index is 0.285. The van der Waals surface area contributed by atoms with Crippen molar-refractivity contribution in [3.8, 4) is 0 Å².